The summed E-state index contributed by atoms with van der Waals surface area (Å²) in [5.41, 5.74) is 3.05. The van der Waals surface area contributed by atoms with Crippen LogP contribution in [0, 0.1) is 17.1 Å². The monoisotopic (exact) mass is 404 g/mol. The number of ether oxygens (including phenoxy) is 2. The maximum absolute atomic E-state index is 14.8. The van der Waals surface area contributed by atoms with Crippen LogP contribution in [0.2, 0.25) is 0 Å². The van der Waals surface area contributed by atoms with E-state index in [2.05, 4.69) is 5.32 Å². The third-order valence-electron chi connectivity index (χ3n) is 4.73. The van der Waals surface area contributed by atoms with Gasteiger partial charge in [0.15, 0.2) is 6.10 Å². The van der Waals surface area contributed by atoms with Gasteiger partial charge in [0, 0.05) is 19.2 Å². The number of nitriles is 1. The van der Waals surface area contributed by atoms with Gasteiger partial charge in [-0.05, 0) is 47.0 Å². The first kappa shape index (κ1) is 21.0. The van der Waals surface area contributed by atoms with Crippen molar-refractivity contribution in [3.05, 3.63) is 89.2 Å². The highest BCUT2D eigenvalue weighted by Crippen LogP contribution is 2.28. The number of nitrogens with zero attached hydrogens (tertiary/aromatic N) is 1. The van der Waals surface area contributed by atoms with Crippen LogP contribution >= 0.6 is 0 Å². The molecule has 1 atom stereocenters. The standard InChI is InChI=1S/C24H21FN2O3/c1-29-20-10-7-18(8-11-20)19-9-12-21(22(25)13-19)23(30-2)24(28)27-15-17-5-3-16(14-26)4-6-17/h3-13,23H,15H2,1-2H3,(H,27,28)/t23-/m0/s1. The van der Waals surface area contributed by atoms with E-state index in [4.69, 9.17) is 14.7 Å². The molecule has 1 N–H and O–H groups in total. The van der Waals surface area contributed by atoms with Crippen LogP contribution in [0.15, 0.2) is 66.7 Å². The van der Waals surface area contributed by atoms with Crippen LogP contribution in [0.25, 0.3) is 11.1 Å². The van der Waals surface area contributed by atoms with E-state index in [1.165, 1.54) is 13.2 Å². The third-order valence-corrected chi connectivity index (χ3v) is 4.73. The molecule has 30 heavy (non-hydrogen) atoms. The predicted octanol–water partition coefficient (Wildman–Crippen LogP) is 4.38. The number of hydrogen-bond acceptors (Lipinski definition) is 4. The van der Waals surface area contributed by atoms with Gasteiger partial charge in [0.2, 0.25) is 0 Å². The van der Waals surface area contributed by atoms with Crippen LogP contribution in [0.4, 0.5) is 4.39 Å². The quantitative estimate of drug-likeness (QED) is 0.635. The second-order valence-corrected chi connectivity index (χ2v) is 6.61. The van der Waals surface area contributed by atoms with Gasteiger partial charge in [-0.3, -0.25) is 4.79 Å². The Hall–Kier alpha value is -3.69. The molecule has 0 bridgehead atoms. The average Bonchev–Trinajstić information content (AvgIpc) is 2.79. The molecule has 0 unspecified atom stereocenters. The highest BCUT2D eigenvalue weighted by atomic mass is 19.1. The summed E-state index contributed by atoms with van der Waals surface area (Å²) in [7, 11) is 2.95. The van der Waals surface area contributed by atoms with Crippen LogP contribution in [0.3, 0.4) is 0 Å². The zero-order valence-corrected chi connectivity index (χ0v) is 16.7. The van der Waals surface area contributed by atoms with Crippen molar-refractivity contribution in [1.29, 1.82) is 5.26 Å². The van der Waals surface area contributed by atoms with E-state index in [1.54, 1.807) is 55.6 Å². The van der Waals surface area contributed by atoms with Gasteiger partial charge in [-0.15, -0.1) is 0 Å². The number of amides is 1. The second kappa shape index (κ2) is 9.68. The molecule has 0 aliphatic carbocycles. The van der Waals surface area contributed by atoms with Gasteiger partial charge in [-0.1, -0.05) is 36.4 Å². The minimum absolute atomic E-state index is 0.159. The van der Waals surface area contributed by atoms with E-state index in [0.717, 1.165) is 11.1 Å². The minimum atomic E-state index is -1.08. The molecule has 0 radical (unpaired) electrons. The third kappa shape index (κ3) is 4.83. The predicted molar refractivity (Wildman–Crippen MR) is 111 cm³/mol. The van der Waals surface area contributed by atoms with E-state index in [9.17, 15) is 9.18 Å². The Morgan fingerprint density at radius 2 is 1.70 bits per heavy atom. The van der Waals surface area contributed by atoms with Crippen molar-refractivity contribution >= 4 is 5.91 Å². The molecule has 0 aliphatic rings. The summed E-state index contributed by atoms with van der Waals surface area (Å²) in [5, 5.41) is 11.6. The normalized spacial score (nSPS) is 11.4. The van der Waals surface area contributed by atoms with Crippen molar-refractivity contribution in [2.45, 2.75) is 12.6 Å². The molecule has 0 fully saturated rings. The molecule has 0 heterocycles. The van der Waals surface area contributed by atoms with Crippen LogP contribution in [-0.4, -0.2) is 20.1 Å². The number of hydrogen-bond donors (Lipinski definition) is 1. The van der Waals surface area contributed by atoms with Crippen molar-refractivity contribution in [3.63, 3.8) is 0 Å². The van der Waals surface area contributed by atoms with Crippen LogP contribution in [0.5, 0.6) is 5.75 Å². The second-order valence-electron chi connectivity index (χ2n) is 6.61. The number of carbonyl (C=O) groups excluding carboxylic acids is 1. The number of carbonyl (C=O) groups is 1. The molecule has 3 rings (SSSR count). The SMILES string of the molecule is COc1ccc(-c2ccc([C@H](OC)C(=O)NCc3ccc(C#N)cc3)c(F)c2)cc1. The molecular weight excluding hydrogens is 383 g/mol. The molecule has 3 aromatic carbocycles. The summed E-state index contributed by atoms with van der Waals surface area (Å²) in [6.07, 6.45) is -1.08. The summed E-state index contributed by atoms with van der Waals surface area (Å²) < 4.78 is 25.2. The number of benzene rings is 3. The molecule has 1 amide bonds. The van der Waals surface area contributed by atoms with Gasteiger partial charge < -0.3 is 14.8 Å². The summed E-state index contributed by atoms with van der Waals surface area (Å²) in [6.45, 7) is 0.246. The fourth-order valence-corrected chi connectivity index (χ4v) is 3.06. The lowest BCUT2D eigenvalue weighted by Crippen LogP contribution is -2.30. The summed E-state index contributed by atoms with van der Waals surface area (Å²) in [6, 6.07) is 20.9. The van der Waals surface area contributed by atoms with Crippen LogP contribution < -0.4 is 10.1 Å². The van der Waals surface area contributed by atoms with Crippen LogP contribution in [0.1, 0.15) is 22.8 Å². The van der Waals surface area contributed by atoms with E-state index in [0.29, 0.717) is 16.9 Å². The molecule has 0 saturated carbocycles. The molecule has 0 aromatic heterocycles. The lowest BCUT2D eigenvalue weighted by molar-refractivity contribution is -0.131. The summed E-state index contributed by atoms with van der Waals surface area (Å²) in [5.74, 6) is -0.254. The van der Waals surface area contributed by atoms with Crippen molar-refractivity contribution in [2.75, 3.05) is 14.2 Å². The average molecular weight is 404 g/mol. The summed E-state index contributed by atoms with van der Waals surface area (Å²) in [4.78, 5) is 12.6. The first-order valence-electron chi connectivity index (χ1n) is 9.29. The van der Waals surface area contributed by atoms with Crippen molar-refractivity contribution < 1.29 is 18.7 Å². The van der Waals surface area contributed by atoms with Gasteiger partial charge in [0.1, 0.15) is 11.6 Å². The number of methoxy groups -OCH3 is 2. The Kier molecular flexibility index (Phi) is 6.79. The fraction of sp³-hybridized carbons (Fsp3) is 0.167. The largest absolute Gasteiger partial charge is 0.497 e. The fourth-order valence-electron chi connectivity index (χ4n) is 3.06. The number of nitrogens with one attached hydrogen (secondary N) is 1. The van der Waals surface area contributed by atoms with Gasteiger partial charge in [-0.2, -0.15) is 5.26 Å². The zero-order chi connectivity index (χ0) is 21.5. The first-order chi connectivity index (χ1) is 14.5. The van der Waals surface area contributed by atoms with Crippen molar-refractivity contribution in [2.24, 2.45) is 0 Å². The topological polar surface area (TPSA) is 71.3 Å². The smallest absolute Gasteiger partial charge is 0.254 e. The number of halogens is 1. The molecular formula is C24H21FN2O3. The molecule has 0 spiro atoms. The highest BCUT2D eigenvalue weighted by molar-refractivity contribution is 5.82. The van der Waals surface area contributed by atoms with Crippen molar-refractivity contribution in [3.8, 4) is 22.9 Å². The van der Waals surface area contributed by atoms with E-state index in [-0.39, 0.29) is 12.1 Å². The lowest BCUT2D eigenvalue weighted by atomic mass is 10.0. The van der Waals surface area contributed by atoms with E-state index < -0.39 is 17.8 Å². The Morgan fingerprint density at radius 1 is 1.03 bits per heavy atom. The van der Waals surface area contributed by atoms with Gasteiger partial charge in [0.05, 0.1) is 18.7 Å². The summed E-state index contributed by atoms with van der Waals surface area (Å²) >= 11 is 0. The molecule has 0 aliphatic heterocycles. The maximum atomic E-state index is 14.8. The lowest BCUT2D eigenvalue weighted by Gasteiger charge is -2.17. The first-order valence-corrected chi connectivity index (χ1v) is 9.29. The molecule has 0 saturated heterocycles. The molecule has 6 heteroatoms. The van der Waals surface area contributed by atoms with Gasteiger partial charge >= 0.3 is 0 Å². The van der Waals surface area contributed by atoms with E-state index in [1.807, 2.05) is 18.2 Å². The Bertz CT molecular complexity index is 1060. The van der Waals surface area contributed by atoms with E-state index >= 15 is 0 Å². The zero-order valence-electron chi connectivity index (χ0n) is 16.7. The Morgan fingerprint density at radius 3 is 2.27 bits per heavy atom. The molecule has 152 valence electrons. The highest BCUT2D eigenvalue weighted by Gasteiger charge is 2.23. The molecule has 3 aromatic rings. The van der Waals surface area contributed by atoms with Crippen molar-refractivity contribution in [1.82, 2.24) is 5.32 Å². The minimum Gasteiger partial charge on any atom is -0.497 e. The Labute approximate surface area is 174 Å². The van der Waals surface area contributed by atoms with Gasteiger partial charge in [-0.25, -0.2) is 4.39 Å². The Balaban J connectivity index is 1.73. The van der Waals surface area contributed by atoms with Gasteiger partial charge in [0.25, 0.3) is 5.91 Å². The maximum Gasteiger partial charge on any atom is 0.254 e. The molecule has 5 nitrogen and oxygen atoms in total. The van der Waals surface area contributed by atoms with Crippen LogP contribution in [-0.2, 0) is 16.1 Å². The number of rotatable bonds is 7.